The van der Waals surface area contributed by atoms with Crippen molar-refractivity contribution in [1.82, 2.24) is 25.4 Å². The summed E-state index contributed by atoms with van der Waals surface area (Å²) in [6, 6.07) is 10.9. The van der Waals surface area contributed by atoms with Crippen LogP contribution < -0.4 is 10.6 Å². The molecular weight excluding hydrogens is 314 g/mol. The van der Waals surface area contributed by atoms with Crippen LogP contribution in [0.15, 0.2) is 36.7 Å². The lowest BCUT2D eigenvalue weighted by atomic mass is 9.64. The monoisotopic (exact) mass is 339 g/mol. The quantitative estimate of drug-likeness (QED) is 0.835. The molecule has 25 heavy (non-hydrogen) atoms. The van der Waals surface area contributed by atoms with E-state index in [0.717, 1.165) is 44.6 Å². The predicted octanol–water partition coefficient (Wildman–Crippen LogP) is 1.42. The molecule has 2 heterocycles. The molecule has 2 N–H and O–H groups in total. The number of nitrogens with zero attached hydrogens (tertiary/aromatic N) is 3. The number of benzene rings is 1. The first-order valence-corrected chi connectivity index (χ1v) is 9.17. The van der Waals surface area contributed by atoms with E-state index in [4.69, 9.17) is 0 Å². The highest BCUT2D eigenvalue weighted by molar-refractivity contribution is 5.78. The number of hydrogen-bond donors (Lipinski definition) is 2. The molecule has 4 rings (SSSR count). The van der Waals surface area contributed by atoms with Crippen LogP contribution in [-0.4, -0.2) is 39.8 Å². The number of aromatic nitrogens is 3. The molecular formula is C19H25N5O. The molecule has 1 atom stereocenters. The smallest absolute Gasteiger partial charge is 0.233 e. The molecule has 0 radical (unpaired) electrons. The SMILES string of the molecule is O=C(CNC1CCc2ncnn2C1)NCC1(c2ccccc2)CCC1. The zero-order valence-electron chi connectivity index (χ0n) is 14.4. The zero-order chi connectivity index (χ0) is 17.1. The van der Waals surface area contributed by atoms with Gasteiger partial charge in [0, 0.05) is 24.4 Å². The number of aryl methyl sites for hydroxylation is 1. The second-order valence-corrected chi connectivity index (χ2v) is 7.25. The highest BCUT2D eigenvalue weighted by Gasteiger charge is 2.38. The topological polar surface area (TPSA) is 71.8 Å². The normalized spacial score (nSPS) is 21.2. The standard InChI is InChI=1S/C19H25N5O/c25-18(11-20-16-7-8-17-22-14-23-24(17)12-16)21-13-19(9-4-10-19)15-5-2-1-3-6-15/h1-3,5-6,14,16,20H,4,7-13H2,(H,21,25). The van der Waals surface area contributed by atoms with Gasteiger partial charge in [-0.3, -0.25) is 4.79 Å². The molecule has 1 aliphatic heterocycles. The molecule has 1 fully saturated rings. The van der Waals surface area contributed by atoms with Gasteiger partial charge in [-0.15, -0.1) is 0 Å². The van der Waals surface area contributed by atoms with E-state index < -0.39 is 0 Å². The van der Waals surface area contributed by atoms with Crippen molar-refractivity contribution in [1.29, 1.82) is 0 Å². The van der Waals surface area contributed by atoms with Gasteiger partial charge < -0.3 is 10.6 Å². The van der Waals surface area contributed by atoms with Crippen molar-refractivity contribution < 1.29 is 4.79 Å². The van der Waals surface area contributed by atoms with Crippen LogP contribution in [-0.2, 0) is 23.2 Å². The highest BCUT2D eigenvalue weighted by Crippen LogP contribution is 2.43. The molecule has 2 aliphatic rings. The fraction of sp³-hybridized carbons (Fsp3) is 0.526. The van der Waals surface area contributed by atoms with E-state index in [9.17, 15) is 4.79 Å². The number of hydrogen-bond acceptors (Lipinski definition) is 4. The van der Waals surface area contributed by atoms with Crippen LogP contribution in [0.1, 0.15) is 37.1 Å². The van der Waals surface area contributed by atoms with Gasteiger partial charge in [0.25, 0.3) is 0 Å². The summed E-state index contributed by atoms with van der Waals surface area (Å²) >= 11 is 0. The maximum Gasteiger partial charge on any atom is 0.233 e. The van der Waals surface area contributed by atoms with Crippen LogP contribution in [0.3, 0.4) is 0 Å². The molecule has 2 aromatic rings. The van der Waals surface area contributed by atoms with Gasteiger partial charge in [-0.05, 0) is 24.8 Å². The largest absolute Gasteiger partial charge is 0.354 e. The fourth-order valence-corrected chi connectivity index (χ4v) is 3.93. The number of carbonyl (C=O) groups excluding carboxylic acids is 1. The van der Waals surface area contributed by atoms with Crippen LogP contribution in [0, 0.1) is 0 Å². The van der Waals surface area contributed by atoms with Crippen molar-refractivity contribution in [2.45, 2.75) is 50.1 Å². The summed E-state index contributed by atoms with van der Waals surface area (Å²) in [7, 11) is 0. The Morgan fingerprint density at radius 2 is 2.12 bits per heavy atom. The van der Waals surface area contributed by atoms with Crippen molar-refractivity contribution in [2.24, 2.45) is 0 Å². The van der Waals surface area contributed by atoms with Crippen LogP contribution >= 0.6 is 0 Å². The maximum atomic E-state index is 12.3. The van der Waals surface area contributed by atoms with Gasteiger partial charge in [-0.25, -0.2) is 9.67 Å². The van der Waals surface area contributed by atoms with E-state index in [0.29, 0.717) is 6.54 Å². The zero-order valence-corrected chi connectivity index (χ0v) is 14.4. The summed E-state index contributed by atoms with van der Waals surface area (Å²) in [6.07, 6.45) is 7.07. The van der Waals surface area contributed by atoms with Crippen molar-refractivity contribution in [3.05, 3.63) is 48.0 Å². The Morgan fingerprint density at radius 3 is 2.88 bits per heavy atom. The summed E-state index contributed by atoms with van der Waals surface area (Å²) in [4.78, 5) is 16.5. The number of rotatable bonds is 6. The first-order valence-electron chi connectivity index (χ1n) is 9.17. The van der Waals surface area contributed by atoms with E-state index in [2.05, 4.69) is 45.0 Å². The summed E-state index contributed by atoms with van der Waals surface area (Å²) in [5, 5.41) is 10.7. The molecule has 1 aromatic heterocycles. The van der Waals surface area contributed by atoms with Crippen LogP contribution in [0.5, 0.6) is 0 Å². The van der Waals surface area contributed by atoms with E-state index >= 15 is 0 Å². The minimum Gasteiger partial charge on any atom is -0.354 e. The number of carbonyl (C=O) groups is 1. The van der Waals surface area contributed by atoms with Gasteiger partial charge in [-0.1, -0.05) is 36.8 Å². The Balaban J connectivity index is 1.26. The van der Waals surface area contributed by atoms with E-state index in [-0.39, 0.29) is 17.4 Å². The third-order valence-corrected chi connectivity index (χ3v) is 5.68. The Kier molecular flexibility index (Phi) is 4.53. The van der Waals surface area contributed by atoms with Gasteiger partial charge in [0.05, 0.1) is 13.1 Å². The lowest BCUT2D eigenvalue weighted by Gasteiger charge is -2.42. The molecule has 0 bridgehead atoms. The van der Waals surface area contributed by atoms with Gasteiger partial charge >= 0.3 is 0 Å². The van der Waals surface area contributed by atoms with E-state index in [1.807, 2.05) is 10.7 Å². The van der Waals surface area contributed by atoms with Gasteiger partial charge in [0.15, 0.2) is 0 Å². The molecule has 6 nitrogen and oxygen atoms in total. The number of nitrogens with one attached hydrogen (secondary N) is 2. The third kappa shape index (κ3) is 3.44. The molecule has 1 unspecified atom stereocenters. The van der Waals surface area contributed by atoms with Gasteiger partial charge in [0.1, 0.15) is 12.2 Å². The van der Waals surface area contributed by atoms with Gasteiger partial charge in [0.2, 0.25) is 5.91 Å². The van der Waals surface area contributed by atoms with Crippen molar-refractivity contribution in [3.8, 4) is 0 Å². The highest BCUT2D eigenvalue weighted by atomic mass is 16.1. The lowest BCUT2D eigenvalue weighted by Crippen LogP contribution is -2.49. The van der Waals surface area contributed by atoms with Crippen LogP contribution in [0.25, 0.3) is 0 Å². The van der Waals surface area contributed by atoms with Crippen molar-refractivity contribution in [2.75, 3.05) is 13.1 Å². The average Bonchev–Trinajstić information content (AvgIpc) is 3.08. The first kappa shape index (κ1) is 16.3. The Hall–Kier alpha value is -2.21. The summed E-state index contributed by atoms with van der Waals surface area (Å²) < 4.78 is 1.93. The summed E-state index contributed by atoms with van der Waals surface area (Å²) in [5.41, 5.74) is 1.48. The van der Waals surface area contributed by atoms with E-state index in [1.54, 1.807) is 6.33 Å². The Bertz CT molecular complexity index is 722. The minimum atomic E-state index is 0.0755. The fourth-order valence-electron chi connectivity index (χ4n) is 3.93. The Labute approximate surface area is 148 Å². The number of fused-ring (bicyclic) bond motifs is 1. The number of amides is 1. The second-order valence-electron chi connectivity index (χ2n) is 7.25. The van der Waals surface area contributed by atoms with Gasteiger partial charge in [-0.2, -0.15) is 5.10 Å². The third-order valence-electron chi connectivity index (χ3n) is 5.68. The molecule has 1 saturated carbocycles. The minimum absolute atomic E-state index is 0.0755. The van der Waals surface area contributed by atoms with Crippen LogP contribution in [0.2, 0.25) is 0 Å². The molecule has 1 amide bonds. The summed E-state index contributed by atoms with van der Waals surface area (Å²) in [6.45, 7) is 1.88. The predicted molar refractivity (Wildman–Crippen MR) is 95.1 cm³/mol. The molecule has 132 valence electrons. The molecule has 1 aliphatic carbocycles. The van der Waals surface area contributed by atoms with Crippen molar-refractivity contribution in [3.63, 3.8) is 0 Å². The maximum absolute atomic E-state index is 12.3. The Morgan fingerprint density at radius 1 is 1.28 bits per heavy atom. The molecule has 1 aromatic carbocycles. The second kappa shape index (κ2) is 6.96. The summed E-state index contributed by atoms with van der Waals surface area (Å²) in [5.74, 6) is 1.11. The molecule has 0 spiro atoms. The molecule has 6 heteroatoms. The molecule has 0 saturated heterocycles. The van der Waals surface area contributed by atoms with Crippen molar-refractivity contribution >= 4 is 5.91 Å². The van der Waals surface area contributed by atoms with E-state index in [1.165, 1.54) is 12.0 Å². The average molecular weight is 339 g/mol. The van der Waals surface area contributed by atoms with Crippen LogP contribution in [0.4, 0.5) is 0 Å². The lowest BCUT2D eigenvalue weighted by molar-refractivity contribution is -0.120. The first-order chi connectivity index (χ1) is 12.3.